The van der Waals surface area contributed by atoms with Crippen molar-refractivity contribution >= 4 is 0 Å². The smallest absolute Gasteiger partial charge is 0.0760 e. The van der Waals surface area contributed by atoms with Crippen LogP contribution in [0.15, 0.2) is 12.3 Å². The first-order valence-corrected chi connectivity index (χ1v) is 4.51. The second kappa shape index (κ2) is 4.99. The van der Waals surface area contributed by atoms with Crippen LogP contribution in [0.5, 0.6) is 0 Å². The van der Waals surface area contributed by atoms with Crippen LogP contribution in [0.4, 0.5) is 0 Å². The van der Waals surface area contributed by atoms with Crippen LogP contribution < -0.4 is 5.73 Å². The first-order valence-electron chi connectivity index (χ1n) is 4.51. The molecule has 0 radical (unpaired) electrons. The van der Waals surface area contributed by atoms with Gasteiger partial charge in [-0.3, -0.25) is 4.68 Å². The average Bonchev–Trinajstić information content (AvgIpc) is 2.62. The van der Waals surface area contributed by atoms with Gasteiger partial charge in [-0.25, -0.2) is 0 Å². The summed E-state index contributed by atoms with van der Waals surface area (Å²) in [6.45, 7) is 3.38. The third-order valence-corrected chi connectivity index (χ3v) is 2.06. The van der Waals surface area contributed by atoms with Gasteiger partial charge in [-0.15, -0.1) is 0 Å². The van der Waals surface area contributed by atoms with E-state index >= 15 is 0 Å². The summed E-state index contributed by atoms with van der Waals surface area (Å²) in [5.74, 6) is 0. The van der Waals surface area contributed by atoms with E-state index < -0.39 is 0 Å². The van der Waals surface area contributed by atoms with Gasteiger partial charge >= 0.3 is 0 Å². The number of hydrogen-bond donors (Lipinski definition) is 1. The second-order valence-electron chi connectivity index (χ2n) is 3.12. The maximum atomic E-state index is 5.46. The number of methoxy groups -OCH3 is 1. The van der Waals surface area contributed by atoms with Crippen molar-refractivity contribution in [2.24, 2.45) is 5.73 Å². The van der Waals surface area contributed by atoms with E-state index in [1.807, 2.05) is 16.9 Å². The normalized spacial score (nSPS) is 13.2. The molecule has 0 saturated heterocycles. The lowest BCUT2D eigenvalue weighted by atomic mass is 10.2. The lowest BCUT2D eigenvalue weighted by Gasteiger charge is -2.10. The van der Waals surface area contributed by atoms with E-state index in [2.05, 4.69) is 12.0 Å². The van der Waals surface area contributed by atoms with Gasteiger partial charge in [-0.05, 0) is 19.4 Å². The molecule has 0 aliphatic heterocycles. The fraction of sp³-hybridized carbons (Fsp3) is 0.667. The Morgan fingerprint density at radius 2 is 2.46 bits per heavy atom. The summed E-state index contributed by atoms with van der Waals surface area (Å²) in [7, 11) is 1.71. The van der Waals surface area contributed by atoms with Crippen molar-refractivity contribution in [1.29, 1.82) is 0 Å². The molecule has 74 valence electrons. The Labute approximate surface area is 78.7 Å². The van der Waals surface area contributed by atoms with Crippen molar-refractivity contribution in [3.63, 3.8) is 0 Å². The van der Waals surface area contributed by atoms with E-state index in [0.29, 0.717) is 12.6 Å². The maximum absolute atomic E-state index is 5.46. The molecule has 0 spiro atoms. The topological polar surface area (TPSA) is 53.1 Å². The molecule has 0 bridgehead atoms. The molecule has 0 aliphatic carbocycles. The minimum atomic E-state index is 0.375. The zero-order valence-corrected chi connectivity index (χ0v) is 8.23. The molecular formula is C9H17N3O. The van der Waals surface area contributed by atoms with Gasteiger partial charge in [0.2, 0.25) is 0 Å². The maximum Gasteiger partial charge on any atom is 0.0760 e. The van der Waals surface area contributed by atoms with Crippen molar-refractivity contribution < 1.29 is 4.74 Å². The molecule has 4 nitrogen and oxygen atoms in total. The van der Waals surface area contributed by atoms with E-state index in [1.54, 1.807) is 7.11 Å². The number of aromatic nitrogens is 2. The highest BCUT2D eigenvalue weighted by atomic mass is 16.5. The lowest BCUT2D eigenvalue weighted by molar-refractivity contribution is 0.178. The first-order chi connectivity index (χ1) is 6.27. The van der Waals surface area contributed by atoms with E-state index in [9.17, 15) is 0 Å². The number of ether oxygens (including phenoxy) is 1. The van der Waals surface area contributed by atoms with Gasteiger partial charge in [0.1, 0.15) is 0 Å². The van der Waals surface area contributed by atoms with Gasteiger partial charge in [0.25, 0.3) is 0 Å². The third kappa shape index (κ3) is 2.82. The molecule has 1 aromatic rings. The largest absolute Gasteiger partial charge is 0.385 e. The molecule has 0 fully saturated rings. The van der Waals surface area contributed by atoms with Gasteiger partial charge in [0.05, 0.1) is 11.7 Å². The fourth-order valence-electron chi connectivity index (χ4n) is 1.15. The highest BCUT2D eigenvalue weighted by Crippen LogP contribution is 2.09. The van der Waals surface area contributed by atoms with Crippen LogP contribution in [0.1, 0.15) is 25.1 Å². The Morgan fingerprint density at radius 1 is 1.69 bits per heavy atom. The van der Waals surface area contributed by atoms with E-state index in [4.69, 9.17) is 10.5 Å². The Morgan fingerprint density at radius 3 is 3.00 bits per heavy atom. The first kappa shape index (κ1) is 10.2. The summed E-state index contributed by atoms with van der Waals surface area (Å²) >= 11 is 0. The number of rotatable bonds is 5. The number of nitrogens with zero attached hydrogens (tertiary/aromatic N) is 2. The number of nitrogens with two attached hydrogens (primary N) is 1. The molecule has 0 aliphatic rings. The van der Waals surface area contributed by atoms with Gasteiger partial charge in [0.15, 0.2) is 0 Å². The summed E-state index contributed by atoms with van der Waals surface area (Å²) in [6.07, 6.45) is 2.94. The van der Waals surface area contributed by atoms with Gasteiger partial charge in [-0.2, -0.15) is 5.10 Å². The zero-order chi connectivity index (χ0) is 9.68. The van der Waals surface area contributed by atoms with Crippen molar-refractivity contribution in [2.75, 3.05) is 13.7 Å². The molecule has 0 amide bonds. The summed E-state index contributed by atoms with van der Waals surface area (Å²) in [5.41, 5.74) is 6.40. The van der Waals surface area contributed by atoms with Crippen LogP contribution in [0.25, 0.3) is 0 Å². The van der Waals surface area contributed by atoms with Crippen LogP contribution >= 0.6 is 0 Å². The molecule has 1 atom stereocenters. The Bertz CT molecular complexity index is 247. The van der Waals surface area contributed by atoms with E-state index in [-0.39, 0.29) is 0 Å². The van der Waals surface area contributed by atoms with Crippen molar-refractivity contribution in [3.8, 4) is 0 Å². The summed E-state index contributed by atoms with van der Waals surface area (Å²) < 4.78 is 6.93. The second-order valence-corrected chi connectivity index (χ2v) is 3.12. The van der Waals surface area contributed by atoms with Crippen LogP contribution in [-0.2, 0) is 11.3 Å². The van der Waals surface area contributed by atoms with E-state index in [0.717, 1.165) is 18.7 Å². The Kier molecular flexibility index (Phi) is 3.92. The molecule has 1 unspecified atom stereocenters. The number of hydrogen-bond acceptors (Lipinski definition) is 3. The molecule has 0 aromatic carbocycles. The molecule has 1 rings (SSSR count). The van der Waals surface area contributed by atoms with Gasteiger partial charge < -0.3 is 10.5 Å². The van der Waals surface area contributed by atoms with Crippen molar-refractivity contribution in [2.45, 2.75) is 25.9 Å². The zero-order valence-electron chi connectivity index (χ0n) is 8.23. The standard InChI is InChI=1S/C9H17N3O/c1-8(4-6-13-2)12-5-3-9(7-10)11-12/h3,5,8H,4,6-7,10H2,1-2H3. The van der Waals surface area contributed by atoms with Crippen molar-refractivity contribution in [3.05, 3.63) is 18.0 Å². The minimum Gasteiger partial charge on any atom is -0.385 e. The van der Waals surface area contributed by atoms with Gasteiger partial charge in [-0.1, -0.05) is 0 Å². The van der Waals surface area contributed by atoms with Crippen LogP contribution in [0.3, 0.4) is 0 Å². The van der Waals surface area contributed by atoms with Crippen molar-refractivity contribution in [1.82, 2.24) is 9.78 Å². The molecule has 0 saturated carbocycles. The predicted molar refractivity (Wildman–Crippen MR) is 51.3 cm³/mol. The predicted octanol–water partition coefficient (Wildman–Crippen LogP) is 0.939. The summed E-state index contributed by atoms with van der Waals surface area (Å²) in [5, 5.41) is 4.32. The third-order valence-electron chi connectivity index (χ3n) is 2.06. The average molecular weight is 183 g/mol. The molecule has 4 heteroatoms. The molecule has 2 N–H and O–H groups in total. The summed E-state index contributed by atoms with van der Waals surface area (Å²) in [6, 6.07) is 2.32. The molecule has 13 heavy (non-hydrogen) atoms. The lowest BCUT2D eigenvalue weighted by Crippen LogP contribution is -2.09. The Hall–Kier alpha value is -0.870. The van der Waals surface area contributed by atoms with Crippen LogP contribution in [0, 0.1) is 0 Å². The van der Waals surface area contributed by atoms with Crippen LogP contribution in [0.2, 0.25) is 0 Å². The quantitative estimate of drug-likeness (QED) is 0.739. The fourth-order valence-corrected chi connectivity index (χ4v) is 1.15. The SMILES string of the molecule is COCCC(C)n1ccc(CN)n1. The minimum absolute atomic E-state index is 0.375. The van der Waals surface area contributed by atoms with E-state index in [1.165, 1.54) is 0 Å². The molecular weight excluding hydrogens is 166 g/mol. The molecule has 1 aromatic heterocycles. The summed E-state index contributed by atoms with van der Waals surface area (Å²) in [4.78, 5) is 0. The highest BCUT2D eigenvalue weighted by molar-refractivity contribution is 4.98. The van der Waals surface area contributed by atoms with Gasteiger partial charge in [0, 0.05) is 26.5 Å². The molecule has 1 heterocycles. The highest BCUT2D eigenvalue weighted by Gasteiger charge is 2.05. The van der Waals surface area contributed by atoms with Crippen LogP contribution in [-0.4, -0.2) is 23.5 Å². The monoisotopic (exact) mass is 183 g/mol. The Balaban J connectivity index is 2.50.